The molecule has 1 heterocycles. The zero-order valence-electron chi connectivity index (χ0n) is 20.7. The third-order valence-electron chi connectivity index (χ3n) is 10.9. The normalized spacial score (nSPS) is 55.2. The van der Waals surface area contributed by atoms with Crippen molar-refractivity contribution in [1.29, 1.82) is 0 Å². The topological polar surface area (TPSA) is 99.4 Å². The van der Waals surface area contributed by atoms with E-state index < -0.39 is 30.2 Å². The van der Waals surface area contributed by atoms with Crippen LogP contribution in [-0.4, -0.2) is 62.8 Å². The van der Waals surface area contributed by atoms with Crippen molar-refractivity contribution < 1.29 is 29.9 Å². The highest BCUT2D eigenvalue weighted by Gasteiger charge is 2.66. The van der Waals surface area contributed by atoms with Crippen molar-refractivity contribution in [3.05, 3.63) is 11.6 Å². The van der Waals surface area contributed by atoms with E-state index >= 15 is 0 Å². The molecule has 188 valence electrons. The second kappa shape index (κ2) is 8.28. The van der Waals surface area contributed by atoms with Crippen LogP contribution in [0.1, 0.15) is 85.5 Å². The second-order valence-electron chi connectivity index (χ2n) is 12.4. The largest absolute Gasteiger partial charge is 0.393 e. The van der Waals surface area contributed by atoms with Gasteiger partial charge in [0.2, 0.25) is 0 Å². The predicted octanol–water partition coefficient (Wildman–Crippen LogP) is 3.30. The van der Waals surface area contributed by atoms with Crippen molar-refractivity contribution >= 4 is 0 Å². The van der Waals surface area contributed by atoms with Crippen LogP contribution in [0.3, 0.4) is 0 Å². The van der Waals surface area contributed by atoms with E-state index in [2.05, 4.69) is 19.9 Å². The number of allylic oxidation sites excluding steroid dienone is 1. The first-order valence-electron chi connectivity index (χ1n) is 13.3. The summed E-state index contributed by atoms with van der Waals surface area (Å²) in [5, 5.41) is 42.6. The van der Waals surface area contributed by atoms with Crippen LogP contribution in [-0.2, 0) is 9.47 Å². The first kappa shape index (κ1) is 24.2. The Morgan fingerprint density at radius 2 is 1.85 bits per heavy atom. The zero-order chi connectivity index (χ0) is 23.8. The van der Waals surface area contributed by atoms with E-state index in [1.54, 1.807) is 6.92 Å². The summed E-state index contributed by atoms with van der Waals surface area (Å²) in [6.45, 7) is 8.30. The van der Waals surface area contributed by atoms with Crippen molar-refractivity contribution in [2.45, 2.75) is 128 Å². The molecular formula is C27H44O6. The monoisotopic (exact) mass is 464 g/mol. The lowest BCUT2D eigenvalue weighted by atomic mass is 9.45. The van der Waals surface area contributed by atoms with Crippen molar-refractivity contribution in [3.8, 4) is 0 Å². The standard InChI is InChI=1S/C27H44O6/c1-15(28)19-9-12-27(31)21-6-5-17-13-18(33-23-14-22(29)24(30)16(2)32-23)7-10-25(17,3)20(21)8-11-26(19,27)4/h5,15-16,18-24,28-31H,6-14H2,1-4H3/t15?,16-,18?,19+,20?,21?,22+,23-,24+,25-,26+,27-/m0/s1. The zero-order valence-corrected chi connectivity index (χ0v) is 20.7. The molecular weight excluding hydrogens is 420 g/mol. The minimum atomic E-state index is -0.857. The molecule has 6 nitrogen and oxygen atoms in total. The summed E-state index contributed by atoms with van der Waals surface area (Å²) in [6.07, 6.45) is 7.37. The predicted molar refractivity (Wildman–Crippen MR) is 124 cm³/mol. The Labute approximate surface area is 198 Å². The number of rotatable bonds is 3. The molecule has 0 aromatic heterocycles. The molecule has 6 heteroatoms. The second-order valence-corrected chi connectivity index (χ2v) is 12.4. The van der Waals surface area contributed by atoms with Gasteiger partial charge in [-0.15, -0.1) is 0 Å². The molecule has 0 spiro atoms. The first-order chi connectivity index (χ1) is 15.5. The maximum atomic E-state index is 12.1. The van der Waals surface area contributed by atoms with Gasteiger partial charge in [0.15, 0.2) is 6.29 Å². The van der Waals surface area contributed by atoms with Crippen molar-refractivity contribution in [3.63, 3.8) is 0 Å². The Morgan fingerprint density at radius 1 is 1.09 bits per heavy atom. The highest BCUT2D eigenvalue weighted by Crippen LogP contribution is 2.68. The summed E-state index contributed by atoms with van der Waals surface area (Å²) in [4.78, 5) is 0. The van der Waals surface area contributed by atoms with E-state index in [-0.39, 0.29) is 34.9 Å². The molecule has 0 radical (unpaired) electrons. The minimum Gasteiger partial charge on any atom is -0.393 e. The fourth-order valence-corrected chi connectivity index (χ4v) is 8.85. The van der Waals surface area contributed by atoms with Crippen LogP contribution >= 0.6 is 0 Å². The number of fused-ring (bicyclic) bond motifs is 5. The Bertz CT molecular complexity index is 771. The summed E-state index contributed by atoms with van der Waals surface area (Å²) in [5.41, 5.74) is 0.643. The number of aliphatic hydroxyl groups excluding tert-OH is 3. The highest BCUT2D eigenvalue weighted by atomic mass is 16.7. The van der Waals surface area contributed by atoms with Crippen molar-refractivity contribution in [1.82, 2.24) is 0 Å². The number of ether oxygens (including phenoxy) is 2. The van der Waals surface area contributed by atoms with Crippen LogP contribution in [0.5, 0.6) is 0 Å². The quantitative estimate of drug-likeness (QED) is 0.479. The first-order valence-corrected chi connectivity index (χ1v) is 13.3. The molecule has 3 saturated carbocycles. The fourth-order valence-electron chi connectivity index (χ4n) is 8.85. The third-order valence-corrected chi connectivity index (χ3v) is 10.9. The molecule has 1 saturated heterocycles. The average molecular weight is 465 g/mol. The molecule has 4 unspecified atom stereocenters. The van der Waals surface area contributed by atoms with Gasteiger partial charge in [-0.2, -0.15) is 0 Å². The third kappa shape index (κ3) is 3.58. The molecule has 0 aromatic carbocycles. The molecule has 0 amide bonds. The SMILES string of the molecule is CC(O)[C@H]1CC[C@]2(O)C3CC=C4CC(O[C@H]5C[C@@H](O)[C@H](O)[C@H](C)O5)CC[C@]4(C)C3CC[C@]12C. The van der Waals surface area contributed by atoms with Gasteiger partial charge in [-0.1, -0.05) is 25.5 Å². The van der Waals surface area contributed by atoms with E-state index in [0.29, 0.717) is 12.3 Å². The van der Waals surface area contributed by atoms with Gasteiger partial charge in [-0.25, -0.2) is 0 Å². The average Bonchev–Trinajstić information content (AvgIpc) is 3.04. The Morgan fingerprint density at radius 3 is 2.55 bits per heavy atom. The maximum Gasteiger partial charge on any atom is 0.161 e. The van der Waals surface area contributed by atoms with Crippen LogP contribution < -0.4 is 0 Å². The summed E-state index contributed by atoms with van der Waals surface area (Å²) in [5.74, 6) is 0.898. The van der Waals surface area contributed by atoms with Crippen molar-refractivity contribution in [2.75, 3.05) is 0 Å². The molecule has 0 aromatic rings. The minimum absolute atomic E-state index is 0.0589. The van der Waals surface area contributed by atoms with Gasteiger partial charge in [-0.3, -0.25) is 0 Å². The Balaban J connectivity index is 1.31. The molecule has 12 atom stereocenters. The van der Waals surface area contributed by atoms with E-state index in [9.17, 15) is 20.4 Å². The molecule has 1 aliphatic heterocycles. The number of hydrogen-bond acceptors (Lipinski definition) is 6. The van der Waals surface area contributed by atoms with Crippen LogP contribution in [0.2, 0.25) is 0 Å². The lowest BCUT2D eigenvalue weighted by Crippen LogP contribution is -2.61. The van der Waals surface area contributed by atoms with Crippen LogP contribution in [0.15, 0.2) is 11.6 Å². The fraction of sp³-hybridized carbons (Fsp3) is 0.926. The van der Waals surface area contributed by atoms with Gasteiger partial charge < -0.3 is 29.9 Å². The van der Waals surface area contributed by atoms with Gasteiger partial charge in [0.1, 0.15) is 6.10 Å². The lowest BCUT2D eigenvalue weighted by Gasteiger charge is -2.61. The Kier molecular flexibility index (Phi) is 6.07. The van der Waals surface area contributed by atoms with E-state index in [4.69, 9.17) is 9.47 Å². The molecule has 4 aliphatic carbocycles. The summed E-state index contributed by atoms with van der Waals surface area (Å²) in [6, 6.07) is 0. The maximum absolute atomic E-state index is 12.1. The van der Waals surface area contributed by atoms with E-state index in [1.807, 2.05) is 6.92 Å². The van der Waals surface area contributed by atoms with E-state index in [0.717, 1.165) is 51.4 Å². The summed E-state index contributed by atoms with van der Waals surface area (Å²) in [7, 11) is 0. The molecule has 33 heavy (non-hydrogen) atoms. The number of aliphatic hydroxyl groups is 4. The number of hydrogen-bond donors (Lipinski definition) is 4. The summed E-state index contributed by atoms with van der Waals surface area (Å²) >= 11 is 0. The molecule has 4 N–H and O–H groups in total. The molecule has 4 fully saturated rings. The lowest BCUT2D eigenvalue weighted by molar-refractivity contribution is -0.262. The van der Waals surface area contributed by atoms with Crippen LogP contribution in [0.4, 0.5) is 0 Å². The van der Waals surface area contributed by atoms with E-state index in [1.165, 1.54) is 5.57 Å². The summed E-state index contributed by atoms with van der Waals surface area (Å²) < 4.78 is 12.1. The smallest absolute Gasteiger partial charge is 0.161 e. The van der Waals surface area contributed by atoms with Crippen LogP contribution in [0.25, 0.3) is 0 Å². The van der Waals surface area contributed by atoms with Gasteiger partial charge in [0, 0.05) is 11.8 Å². The van der Waals surface area contributed by atoms with Gasteiger partial charge >= 0.3 is 0 Å². The van der Waals surface area contributed by atoms with Gasteiger partial charge in [-0.05, 0) is 88.4 Å². The Hall–Kier alpha value is -0.500. The highest BCUT2D eigenvalue weighted by molar-refractivity contribution is 5.28. The van der Waals surface area contributed by atoms with Gasteiger partial charge in [0.05, 0.1) is 30.0 Å². The van der Waals surface area contributed by atoms with Crippen molar-refractivity contribution in [2.24, 2.45) is 28.6 Å². The molecule has 5 aliphatic rings. The molecule has 5 rings (SSSR count). The van der Waals surface area contributed by atoms with Gasteiger partial charge in [0.25, 0.3) is 0 Å². The molecule has 0 bridgehead atoms. The van der Waals surface area contributed by atoms with Crippen LogP contribution in [0, 0.1) is 28.6 Å².